The van der Waals surface area contributed by atoms with Gasteiger partial charge in [-0.05, 0) is 77.9 Å². The highest BCUT2D eigenvalue weighted by molar-refractivity contribution is 7.25. The maximum absolute atomic E-state index is 5.12. The third-order valence-corrected chi connectivity index (χ3v) is 9.80. The first-order valence-corrected chi connectivity index (χ1v) is 16.2. The van der Waals surface area contributed by atoms with E-state index in [4.69, 9.17) is 4.99 Å². The normalized spacial score (nSPS) is 11.9. The molecule has 0 unspecified atom stereocenters. The van der Waals surface area contributed by atoms with Crippen molar-refractivity contribution in [1.82, 2.24) is 4.57 Å². The van der Waals surface area contributed by atoms with Crippen molar-refractivity contribution in [2.75, 3.05) is 0 Å². The van der Waals surface area contributed by atoms with Gasteiger partial charge >= 0.3 is 0 Å². The summed E-state index contributed by atoms with van der Waals surface area (Å²) in [6, 6.07) is 62.1. The van der Waals surface area contributed by atoms with Crippen LogP contribution in [-0.4, -0.2) is 10.3 Å². The minimum Gasteiger partial charge on any atom is -0.309 e. The highest BCUT2D eigenvalue weighted by Crippen LogP contribution is 2.41. The quantitative estimate of drug-likeness (QED) is 0.174. The largest absolute Gasteiger partial charge is 0.309 e. The summed E-state index contributed by atoms with van der Waals surface area (Å²) < 4.78 is 5.03. The maximum atomic E-state index is 5.12. The molecule has 0 N–H and O–H groups in total. The van der Waals surface area contributed by atoms with Crippen LogP contribution in [0.2, 0.25) is 0 Å². The summed E-state index contributed by atoms with van der Waals surface area (Å²) in [6.45, 7) is 0. The van der Waals surface area contributed by atoms with Gasteiger partial charge < -0.3 is 4.57 Å². The Bertz CT molecular complexity index is 2500. The molecular formula is C43H26N2S. The molecule has 214 valence electrons. The van der Waals surface area contributed by atoms with Gasteiger partial charge in [-0.2, -0.15) is 0 Å². The van der Waals surface area contributed by atoms with Gasteiger partial charge in [0.05, 0.1) is 28.0 Å². The fraction of sp³-hybridized carbons (Fsp3) is 0. The highest BCUT2D eigenvalue weighted by atomic mass is 32.1. The van der Waals surface area contributed by atoms with Gasteiger partial charge in [0.25, 0.3) is 0 Å². The molecule has 3 heteroatoms. The predicted molar refractivity (Wildman–Crippen MR) is 195 cm³/mol. The number of fused-ring (bicyclic) bond motifs is 6. The van der Waals surface area contributed by atoms with Crippen molar-refractivity contribution >= 4 is 64.7 Å². The van der Waals surface area contributed by atoms with E-state index in [1.807, 2.05) is 47.7 Å². The molecule has 0 aliphatic carbocycles. The molecule has 9 rings (SSSR count). The van der Waals surface area contributed by atoms with Gasteiger partial charge in [-0.25, -0.2) is 4.99 Å². The molecule has 0 amide bonds. The zero-order chi connectivity index (χ0) is 30.5. The lowest BCUT2D eigenvalue weighted by molar-refractivity contribution is 1.18. The second kappa shape index (κ2) is 10.9. The van der Waals surface area contributed by atoms with E-state index in [9.17, 15) is 0 Å². The fourth-order valence-electron chi connectivity index (χ4n) is 6.50. The van der Waals surface area contributed by atoms with E-state index >= 15 is 0 Å². The third-order valence-electron chi connectivity index (χ3n) is 8.67. The molecule has 2 aromatic heterocycles. The summed E-state index contributed by atoms with van der Waals surface area (Å²) in [5.41, 5.74) is 9.66. The molecule has 46 heavy (non-hydrogen) atoms. The molecule has 0 aliphatic rings. The Morgan fingerprint density at radius 2 is 1.30 bits per heavy atom. The molecule has 2 heterocycles. The van der Waals surface area contributed by atoms with Crippen LogP contribution < -0.4 is 0 Å². The van der Waals surface area contributed by atoms with Crippen molar-refractivity contribution in [3.63, 3.8) is 0 Å². The Morgan fingerprint density at radius 1 is 0.543 bits per heavy atom. The van der Waals surface area contributed by atoms with E-state index in [0.29, 0.717) is 0 Å². The summed E-state index contributed by atoms with van der Waals surface area (Å²) in [4.78, 5) is 5.12. The first-order valence-electron chi connectivity index (χ1n) is 15.4. The van der Waals surface area contributed by atoms with Crippen molar-refractivity contribution < 1.29 is 0 Å². The van der Waals surface area contributed by atoms with Crippen LogP contribution >= 0.6 is 11.3 Å². The van der Waals surface area contributed by atoms with Crippen LogP contribution in [0.1, 0.15) is 11.1 Å². The molecule has 9 aromatic rings. The van der Waals surface area contributed by atoms with E-state index in [0.717, 1.165) is 28.2 Å². The smallest absolute Gasteiger partial charge is 0.0865 e. The van der Waals surface area contributed by atoms with Gasteiger partial charge in [0.15, 0.2) is 0 Å². The van der Waals surface area contributed by atoms with Gasteiger partial charge in [0.2, 0.25) is 0 Å². The van der Waals surface area contributed by atoms with Gasteiger partial charge in [0.1, 0.15) is 0 Å². The SMILES string of the molecule is c1cccc(/C(=N\c2ccc(-n3c4ccc(-c5ccccc5)cc4c4cc5sc6ccccc6c5cc43)cc2)c2ccccc2)c#1. The molecular weight excluding hydrogens is 577 g/mol. The number of rotatable bonds is 5. The monoisotopic (exact) mass is 602 g/mol. The van der Waals surface area contributed by atoms with Crippen LogP contribution in [0.4, 0.5) is 5.69 Å². The zero-order valence-corrected chi connectivity index (χ0v) is 25.6. The number of aliphatic imine (C=N–C) groups is 1. The van der Waals surface area contributed by atoms with Crippen LogP contribution in [0.5, 0.6) is 0 Å². The Morgan fingerprint density at radius 3 is 2.11 bits per heavy atom. The zero-order valence-electron chi connectivity index (χ0n) is 24.8. The Balaban J connectivity index is 1.24. The number of nitrogens with zero attached hydrogens (tertiary/aromatic N) is 2. The number of thiophene rings is 1. The van der Waals surface area contributed by atoms with E-state index in [1.54, 1.807) is 0 Å². The van der Waals surface area contributed by atoms with E-state index < -0.39 is 0 Å². The van der Waals surface area contributed by atoms with Crippen LogP contribution in [0.3, 0.4) is 0 Å². The Labute approximate surface area is 271 Å². The second-order valence-electron chi connectivity index (χ2n) is 11.4. The minimum absolute atomic E-state index is 0.877. The molecule has 0 atom stereocenters. The lowest BCUT2D eigenvalue weighted by Crippen LogP contribution is -2.02. The van der Waals surface area contributed by atoms with Crippen LogP contribution in [0.15, 0.2) is 163 Å². The van der Waals surface area contributed by atoms with Gasteiger partial charge in [0, 0.05) is 42.2 Å². The van der Waals surface area contributed by atoms with Gasteiger partial charge in [-0.15, -0.1) is 11.3 Å². The molecule has 2 nitrogen and oxygen atoms in total. The highest BCUT2D eigenvalue weighted by Gasteiger charge is 2.17. The third kappa shape index (κ3) is 4.47. The molecule has 7 aromatic carbocycles. The first-order chi connectivity index (χ1) is 22.8. The summed E-state index contributed by atoms with van der Waals surface area (Å²) in [6.07, 6.45) is 0. The Kier molecular flexibility index (Phi) is 6.26. The Hall–Kier alpha value is -5.95. The molecule has 0 bridgehead atoms. The molecule has 0 aliphatic heterocycles. The molecule has 0 saturated heterocycles. The average Bonchev–Trinajstić information content (AvgIpc) is 3.65. The van der Waals surface area contributed by atoms with Gasteiger partial charge in [-0.3, -0.25) is 0 Å². The number of aromatic nitrogens is 1. The van der Waals surface area contributed by atoms with E-state index in [2.05, 4.69) is 138 Å². The topological polar surface area (TPSA) is 17.3 Å². The maximum Gasteiger partial charge on any atom is 0.0865 e. The second-order valence-corrected chi connectivity index (χ2v) is 12.5. The van der Waals surface area contributed by atoms with E-state index in [-0.39, 0.29) is 0 Å². The summed E-state index contributed by atoms with van der Waals surface area (Å²) >= 11 is 1.87. The lowest BCUT2D eigenvalue weighted by atomic mass is 10.0. The minimum atomic E-state index is 0.877. The van der Waals surface area contributed by atoms with Crippen LogP contribution in [-0.2, 0) is 0 Å². The van der Waals surface area contributed by atoms with Crippen molar-refractivity contribution in [3.8, 4) is 16.8 Å². The predicted octanol–water partition coefficient (Wildman–Crippen LogP) is 11.6. The van der Waals surface area contributed by atoms with E-state index in [1.165, 1.54) is 53.1 Å². The number of hydrogen-bond acceptors (Lipinski definition) is 2. The summed E-state index contributed by atoms with van der Waals surface area (Å²) in [5.74, 6) is 0. The van der Waals surface area contributed by atoms with Crippen molar-refractivity contribution in [2.45, 2.75) is 0 Å². The van der Waals surface area contributed by atoms with Crippen LogP contribution in [0, 0.1) is 12.1 Å². The number of hydrogen-bond donors (Lipinski definition) is 0. The standard InChI is InChI=1S/C43H26N2S/c1-4-12-29(13-5-1)32-20-25-39-36(26-32)37-28-42-38(35-18-10-11-19-41(35)46-42)27-40(37)45(39)34-23-21-33(22-24-34)44-43(30-14-6-2-7-15-30)31-16-8-3-9-17-31/h1-8,10-16,18-28H/b44-43-. The van der Waals surface area contributed by atoms with Crippen molar-refractivity contribution in [1.29, 1.82) is 0 Å². The molecule has 0 radical (unpaired) electrons. The summed E-state index contributed by atoms with van der Waals surface area (Å²) in [5, 5.41) is 5.11. The summed E-state index contributed by atoms with van der Waals surface area (Å²) in [7, 11) is 0. The first kappa shape index (κ1) is 26.5. The van der Waals surface area contributed by atoms with Crippen LogP contribution in [0.25, 0.3) is 58.8 Å². The van der Waals surface area contributed by atoms with Gasteiger partial charge in [-0.1, -0.05) is 103 Å². The fourth-order valence-corrected chi connectivity index (χ4v) is 7.63. The van der Waals surface area contributed by atoms with Crippen molar-refractivity contribution in [2.24, 2.45) is 4.99 Å². The molecule has 0 fully saturated rings. The molecule has 0 spiro atoms. The average molecular weight is 603 g/mol. The molecule has 0 saturated carbocycles. The lowest BCUT2D eigenvalue weighted by Gasteiger charge is -2.10. The van der Waals surface area contributed by atoms with Crippen molar-refractivity contribution in [3.05, 3.63) is 181 Å². The number of benzene rings is 6.